The number of anilines is 1. The van der Waals surface area contributed by atoms with Gasteiger partial charge in [0.05, 0.1) is 17.5 Å². The van der Waals surface area contributed by atoms with E-state index in [0.717, 1.165) is 38.5 Å². The Morgan fingerprint density at radius 2 is 1.37 bits per heavy atom. The molecule has 5 rings (SSSR count). The van der Waals surface area contributed by atoms with Crippen molar-refractivity contribution < 1.29 is 14.4 Å². The van der Waals surface area contributed by atoms with Crippen molar-refractivity contribution >= 4 is 23.3 Å². The van der Waals surface area contributed by atoms with Crippen LogP contribution in [0.1, 0.15) is 51.4 Å². The molecular weight excluding hydrogens is 338 g/mol. The first-order valence-corrected chi connectivity index (χ1v) is 10.3. The Bertz CT molecular complexity index is 840. The van der Waals surface area contributed by atoms with E-state index >= 15 is 0 Å². The molecule has 1 heterocycles. The zero-order valence-electron chi connectivity index (χ0n) is 15.5. The first kappa shape index (κ1) is 16.9. The van der Waals surface area contributed by atoms with Crippen LogP contribution in [0.25, 0.3) is 0 Å². The molecule has 4 nitrogen and oxygen atoms in total. The summed E-state index contributed by atoms with van der Waals surface area (Å²) in [6.45, 7) is 0. The fraction of sp³-hybridized carbons (Fsp3) is 0.522. The highest BCUT2D eigenvalue weighted by atomic mass is 16.2. The molecule has 1 aromatic carbocycles. The molecule has 0 bridgehead atoms. The van der Waals surface area contributed by atoms with Gasteiger partial charge in [-0.05, 0) is 56.1 Å². The minimum absolute atomic E-state index is 0.0183. The predicted octanol–water partition coefficient (Wildman–Crippen LogP) is 4.05. The summed E-state index contributed by atoms with van der Waals surface area (Å²) in [7, 11) is 0. The van der Waals surface area contributed by atoms with Crippen molar-refractivity contribution in [2.24, 2.45) is 23.7 Å². The maximum atomic E-state index is 13.5. The van der Waals surface area contributed by atoms with E-state index in [1.165, 1.54) is 16.0 Å². The highest BCUT2D eigenvalue weighted by Gasteiger charge is 2.58. The van der Waals surface area contributed by atoms with Crippen LogP contribution < -0.4 is 4.90 Å². The van der Waals surface area contributed by atoms with Crippen LogP contribution in [0.5, 0.6) is 0 Å². The summed E-state index contributed by atoms with van der Waals surface area (Å²) in [4.78, 5) is 40.5. The third-order valence-corrected chi connectivity index (χ3v) is 7.21. The smallest absolute Gasteiger partial charge is 0.238 e. The largest absolute Gasteiger partial charge is 0.300 e. The lowest BCUT2D eigenvalue weighted by Gasteiger charge is -2.42. The Kier molecular flexibility index (Phi) is 4.03. The third kappa shape index (κ3) is 2.53. The zero-order valence-corrected chi connectivity index (χ0v) is 15.5. The SMILES string of the molecule is O=C1CCC2=C3CCCCC3C3C(=O)N(c4ccccc4)C(=O)C3C2CC1. The number of rotatable bonds is 1. The molecule has 140 valence electrons. The molecular formula is C23H25NO3. The number of fused-ring (bicyclic) bond motifs is 5. The molecule has 0 radical (unpaired) electrons. The second-order valence-electron chi connectivity index (χ2n) is 8.49. The fourth-order valence-electron chi connectivity index (χ4n) is 6.09. The van der Waals surface area contributed by atoms with E-state index in [9.17, 15) is 14.4 Å². The van der Waals surface area contributed by atoms with Gasteiger partial charge in [-0.3, -0.25) is 19.3 Å². The Hall–Kier alpha value is -2.23. The van der Waals surface area contributed by atoms with Crippen molar-refractivity contribution in [2.45, 2.75) is 51.4 Å². The number of benzene rings is 1. The number of hydrogen-bond acceptors (Lipinski definition) is 3. The lowest BCUT2D eigenvalue weighted by Crippen LogP contribution is -2.39. The molecule has 1 saturated heterocycles. The Morgan fingerprint density at radius 1 is 0.704 bits per heavy atom. The zero-order chi connectivity index (χ0) is 18.5. The van der Waals surface area contributed by atoms with Gasteiger partial charge in [0.2, 0.25) is 11.8 Å². The van der Waals surface area contributed by atoms with Gasteiger partial charge in [-0.2, -0.15) is 0 Å². The van der Waals surface area contributed by atoms with Crippen LogP contribution >= 0.6 is 0 Å². The molecule has 1 aliphatic heterocycles. The number of para-hydroxylation sites is 1. The van der Waals surface area contributed by atoms with E-state index < -0.39 is 0 Å². The van der Waals surface area contributed by atoms with Gasteiger partial charge in [0, 0.05) is 12.8 Å². The number of hydrogen-bond donors (Lipinski definition) is 0. The fourth-order valence-corrected chi connectivity index (χ4v) is 6.09. The molecule has 3 fully saturated rings. The number of imide groups is 1. The summed E-state index contributed by atoms with van der Waals surface area (Å²) in [5.74, 6) is 0.0238. The van der Waals surface area contributed by atoms with E-state index in [2.05, 4.69) is 0 Å². The van der Waals surface area contributed by atoms with Crippen LogP contribution in [0.3, 0.4) is 0 Å². The van der Waals surface area contributed by atoms with Crippen molar-refractivity contribution in [3.63, 3.8) is 0 Å². The molecule has 1 aromatic rings. The summed E-state index contributed by atoms with van der Waals surface area (Å²) < 4.78 is 0. The predicted molar refractivity (Wildman–Crippen MR) is 102 cm³/mol. The van der Waals surface area contributed by atoms with Crippen LogP contribution in [0.4, 0.5) is 5.69 Å². The maximum Gasteiger partial charge on any atom is 0.238 e. The number of amides is 2. The van der Waals surface area contributed by atoms with Crippen molar-refractivity contribution in [1.82, 2.24) is 0 Å². The maximum absolute atomic E-state index is 13.5. The summed E-state index contributed by atoms with van der Waals surface area (Å²) in [6, 6.07) is 9.34. The Labute approximate surface area is 159 Å². The molecule has 4 atom stereocenters. The van der Waals surface area contributed by atoms with E-state index in [1.54, 1.807) is 0 Å². The molecule has 0 aromatic heterocycles. The van der Waals surface area contributed by atoms with Crippen molar-refractivity contribution in [2.75, 3.05) is 4.90 Å². The summed E-state index contributed by atoms with van der Waals surface area (Å²) in [6.07, 6.45) is 7.01. The summed E-state index contributed by atoms with van der Waals surface area (Å²) in [5.41, 5.74) is 3.48. The number of carbonyl (C=O) groups excluding carboxylic acids is 3. The Morgan fingerprint density at radius 3 is 2.11 bits per heavy atom. The molecule has 4 aliphatic rings. The molecule has 2 amide bonds. The summed E-state index contributed by atoms with van der Waals surface area (Å²) >= 11 is 0. The van der Waals surface area contributed by atoms with Crippen LogP contribution in [0.15, 0.2) is 41.5 Å². The van der Waals surface area contributed by atoms with Crippen molar-refractivity contribution in [3.05, 3.63) is 41.5 Å². The van der Waals surface area contributed by atoms with Crippen LogP contribution in [-0.4, -0.2) is 17.6 Å². The van der Waals surface area contributed by atoms with Gasteiger partial charge in [-0.1, -0.05) is 35.8 Å². The average Bonchev–Trinajstić information content (AvgIpc) is 2.83. The monoisotopic (exact) mass is 363 g/mol. The number of allylic oxidation sites excluding steroid dienone is 2. The van der Waals surface area contributed by atoms with Crippen LogP contribution in [0.2, 0.25) is 0 Å². The molecule has 4 heteroatoms. The van der Waals surface area contributed by atoms with E-state index in [0.29, 0.717) is 24.3 Å². The Balaban J connectivity index is 1.61. The molecule has 0 N–H and O–H groups in total. The van der Waals surface area contributed by atoms with Gasteiger partial charge < -0.3 is 0 Å². The quantitative estimate of drug-likeness (QED) is 0.559. The number of Topliss-reactive ketones (excluding diaryl/α,β-unsaturated/α-hetero) is 1. The first-order valence-electron chi connectivity index (χ1n) is 10.3. The second kappa shape index (κ2) is 6.43. The lowest BCUT2D eigenvalue weighted by molar-refractivity contribution is -0.123. The van der Waals surface area contributed by atoms with Gasteiger partial charge in [0.15, 0.2) is 0 Å². The molecule has 27 heavy (non-hydrogen) atoms. The van der Waals surface area contributed by atoms with E-state index in [1.807, 2.05) is 30.3 Å². The molecule has 4 unspecified atom stereocenters. The highest BCUT2D eigenvalue weighted by molar-refractivity contribution is 6.22. The van der Waals surface area contributed by atoms with E-state index in [-0.39, 0.29) is 35.5 Å². The molecule has 2 saturated carbocycles. The average molecular weight is 363 g/mol. The number of nitrogens with zero attached hydrogens (tertiary/aromatic N) is 1. The van der Waals surface area contributed by atoms with Crippen molar-refractivity contribution in [3.8, 4) is 0 Å². The lowest BCUT2D eigenvalue weighted by atomic mass is 9.60. The minimum Gasteiger partial charge on any atom is -0.300 e. The first-order chi connectivity index (χ1) is 13.2. The van der Waals surface area contributed by atoms with Gasteiger partial charge in [-0.15, -0.1) is 0 Å². The van der Waals surface area contributed by atoms with Gasteiger partial charge >= 0.3 is 0 Å². The van der Waals surface area contributed by atoms with Gasteiger partial charge in [-0.25, -0.2) is 0 Å². The summed E-state index contributed by atoms with van der Waals surface area (Å²) in [5, 5.41) is 0. The number of carbonyl (C=O) groups is 3. The topological polar surface area (TPSA) is 54.5 Å². The highest BCUT2D eigenvalue weighted by Crippen LogP contribution is 2.55. The molecule has 0 spiro atoms. The van der Waals surface area contributed by atoms with Gasteiger partial charge in [0.1, 0.15) is 5.78 Å². The third-order valence-electron chi connectivity index (χ3n) is 7.21. The second-order valence-corrected chi connectivity index (χ2v) is 8.49. The normalized spacial score (nSPS) is 33.5. The minimum atomic E-state index is -0.273. The van der Waals surface area contributed by atoms with Gasteiger partial charge in [0.25, 0.3) is 0 Å². The molecule has 3 aliphatic carbocycles. The standard InChI is InChI=1S/C23H25NO3/c25-15-10-12-17-16-8-4-5-9-18(16)20-21(19(17)13-11-15)23(27)24(22(20)26)14-6-2-1-3-7-14/h1-3,6-7,18-21H,4-5,8-13H2. The van der Waals surface area contributed by atoms with E-state index in [4.69, 9.17) is 0 Å². The van der Waals surface area contributed by atoms with Crippen LogP contribution in [-0.2, 0) is 14.4 Å². The van der Waals surface area contributed by atoms with Crippen molar-refractivity contribution in [1.29, 1.82) is 0 Å². The number of ketones is 1. The van der Waals surface area contributed by atoms with Crippen LogP contribution in [0, 0.1) is 23.7 Å².